The number of halogens is 3. The van der Waals surface area contributed by atoms with Crippen LogP contribution < -0.4 is 10.2 Å². The molecule has 0 spiro atoms. The van der Waals surface area contributed by atoms with Crippen molar-refractivity contribution >= 4 is 28.9 Å². The summed E-state index contributed by atoms with van der Waals surface area (Å²) in [6.07, 6.45) is 2.08. The minimum absolute atomic E-state index is 0.386. The Bertz CT molecular complexity index is 402. The van der Waals surface area contributed by atoms with E-state index in [1.165, 1.54) is 12.1 Å². The number of nitrogens with one attached hydrogen (secondary N) is 1. The fourth-order valence-corrected chi connectivity index (χ4v) is 3.01. The maximum absolute atomic E-state index is 13.2. The van der Waals surface area contributed by atoms with Crippen LogP contribution in [0.15, 0.2) is 12.1 Å². The zero-order valence-electron chi connectivity index (χ0n) is 10.3. The van der Waals surface area contributed by atoms with Gasteiger partial charge in [0.25, 0.3) is 0 Å². The van der Waals surface area contributed by atoms with Crippen LogP contribution in [-0.2, 0) is 0 Å². The third-order valence-electron chi connectivity index (χ3n) is 3.27. The number of anilines is 1. The molecule has 1 atom stereocenters. The third kappa shape index (κ3) is 3.08. The Hall–Kier alpha value is -0.510. The largest absolute Gasteiger partial charge is 0.368 e. The monoisotopic (exact) mass is 290 g/mol. The lowest BCUT2D eigenvalue weighted by atomic mass is 10.2. The molecule has 1 N–H and O–H groups in total. The molecule has 2 rings (SSSR count). The van der Waals surface area contributed by atoms with Crippen molar-refractivity contribution in [3.8, 4) is 0 Å². The first-order valence-electron chi connectivity index (χ1n) is 6.24. The molecule has 1 aromatic rings. The Balaban J connectivity index is 2.29. The molecule has 1 unspecified atom stereocenters. The van der Waals surface area contributed by atoms with E-state index in [0.717, 1.165) is 38.2 Å². The van der Waals surface area contributed by atoms with Crippen LogP contribution in [0.3, 0.4) is 0 Å². The summed E-state index contributed by atoms with van der Waals surface area (Å²) in [5, 5.41) is 4.25. The lowest BCUT2D eigenvalue weighted by Gasteiger charge is -2.27. The van der Waals surface area contributed by atoms with Gasteiger partial charge in [0.1, 0.15) is 5.82 Å². The van der Waals surface area contributed by atoms with Gasteiger partial charge in [0.2, 0.25) is 0 Å². The van der Waals surface area contributed by atoms with E-state index in [1.54, 1.807) is 0 Å². The molecule has 0 saturated carbocycles. The zero-order valence-corrected chi connectivity index (χ0v) is 11.9. The van der Waals surface area contributed by atoms with E-state index in [0.29, 0.717) is 16.1 Å². The molecule has 1 heterocycles. The van der Waals surface area contributed by atoms with Crippen molar-refractivity contribution < 1.29 is 4.39 Å². The molecule has 0 bridgehead atoms. The fourth-order valence-electron chi connectivity index (χ4n) is 2.31. The van der Waals surface area contributed by atoms with Crippen LogP contribution in [0.2, 0.25) is 10.0 Å². The first-order chi connectivity index (χ1) is 8.61. The first kappa shape index (κ1) is 13.9. The molecular weight excluding hydrogens is 274 g/mol. The molecule has 1 aromatic carbocycles. The summed E-state index contributed by atoms with van der Waals surface area (Å²) in [5.41, 5.74) is 0.752. The average Bonchev–Trinajstić information content (AvgIpc) is 2.53. The molecule has 1 aliphatic rings. The van der Waals surface area contributed by atoms with Gasteiger partial charge in [-0.25, -0.2) is 4.39 Å². The van der Waals surface area contributed by atoms with Gasteiger partial charge in [-0.1, -0.05) is 30.1 Å². The Labute approximate surface area is 117 Å². The van der Waals surface area contributed by atoms with Gasteiger partial charge in [0.05, 0.1) is 15.7 Å². The van der Waals surface area contributed by atoms with Gasteiger partial charge in [-0.3, -0.25) is 0 Å². The van der Waals surface area contributed by atoms with Gasteiger partial charge in [-0.15, -0.1) is 0 Å². The Morgan fingerprint density at radius 2 is 2.06 bits per heavy atom. The summed E-state index contributed by atoms with van der Waals surface area (Å²) in [4.78, 5) is 2.15. The predicted octanol–water partition coefficient (Wildman–Crippen LogP) is 3.71. The molecule has 1 fully saturated rings. The van der Waals surface area contributed by atoms with Crippen LogP contribution in [0, 0.1) is 5.82 Å². The van der Waals surface area contributed by atoms with E-state index in [1.807, 2.05) is 0 Å². The van der Waals surface area contributed by atoms with E-state index in [9.17, 15) is 4.39 Å². The maximum atomic E-state index is 13.2. The van der Waals surface area contributed by atoms with E-state index in [4.69, 9.17) is 23.2 Å². The molecule has 0 amide bonds. The third-order valence-corrected chi connectivity index (χ3v) is 3.85. The minimum Gasteiger partial charge on any atom is -0.368 e. The van der Waals surface area contributed by atoms with Crippen LogP contribution >= 0.6 is 23.2 Å². The van der Waals surface area contributed by atoms with Crippen LogP contribution in [0.5, 0.6) is 0 Å². The number of rotatable bonds is 2. The first-order valence-corrected chi connectivity index (χ1v) is 7.00. The van der Waals surface area contributed by atoms with Gasteiger partial charge >= 0.3 is 0 Å². The smallest absolute Gasteiger partial charge is 0.126 e. The highest BCUT2D eigenvalue weighted by molar-refractivity contribution is 6.39. The van der Waals surface area contributed by atoms with Gasteiger partial charge in [0.15, 0.2) is 0 Å². The standard InChI is InChI=1S/C13H17Cl2FN2/c1-2-10-8-18(5-3-4-17-10)13-11(14)6-9(16)7-12(13)15/h6-7,10,17H,2-5,8H2,1H3. The zero-order chi connectivity index (χ0) is 13.1. The summed E-state index contributed by atoms with van der Waals surface area (Å²) in [5.74, 6) is -0.395. The van der Waals surface area contributed by atoms with Crippen molar-refractivity contribution in [3.63, 3.8) is 0 Å². The summed E-state index contributed by atoms with van der Waals surface area (Å²) in [6, 6.07) is 3.06. The number of benzene rings is 1. The molecule has 0 aromatic heterocycles. The second kappa shape index (κ2) is 6.09. The van der Waals surface area contributed by atoms with Gasteiger partial charge in [-0.05, 0) is 31.5 Å². The number of hydrogen-bond donors (Lipinski definition) is 1. The van der Waals surface area contributed by atoms with Crippen LogP contribution in [0.4, 0.5) is 10.1 Å². The Morgan fingerprint density at radius 1 is 1.39 bits per heavy atom. The summed E-state index contributed by atoms with van der Waals surface area (Å²) < 4.78 is 13.2. The fraction of sp³-hybridized carbons (Fsp3) is 0.538. The maximum Gasteiger partial charge on any atom is 0.126 e. The van der Waals surface area contributed by atoms with Gasteiger partial charge in [-0.2, -0.15) is 0 Å². The quantitative estimate of drug-likeness (QED) is 0.893. The molecule has 1 aliphatic heterocycles. The lowest BCUT2D eigenvalue weighted by molar-refractivity contribution is 0.528. The van der Waals surface area contributed by atoms with Crippen molar-refractivity contribution in [2.24, 2.45) is 0 Å². The van der Waals surface area contributed by atoms with Crippen LogP contribution in [-0.4, -0.2) is 25.7 Å². The molecule has 100 valence electrons. The van der Waals surface area contributed by atoms with E-state index < -0.39 is 5.82 Å². The molecular formula is C13H17Cl2FN2. The summed E-state index contributed by atoms with van der Waals surface area (Å²) in [6.45, 7) is 4.87. The summed E-state index contributed by atoms with van der Waals surface area (Å²) >= 11 is 12.3. The molecule has 0 aliphatic carbocycles. The molecule has 18 heavy (non-hydrogen) atoms. The van der Waals surface area contributed by atoms with Crippen molar-refractivity contribution in [1.29, 1.82) is 0 Å². The SMILES string of the molecule is CCC1CN(c2c(Cl)cc(F)cc2Cl)CCCN1. The highest BCUT2D eigenvalue weighted by atomic mass is 35.5. The molecule has 1 saturated heterocycles. The second-order valence-corrected chi connectivity index (χ2v) is 5.39. The van der Waals surface area contributed by atoms with Crippen molar-refractivity contribution in [3.05, 3.63) is 28.0 Å². The molecule has 5 heteroatoms. The van der Waals surface area contributed by atoms with Crippen molar-refractivity contribution in [2.45, 2.75) is 25.8 Å². The molecule has 0 radical (unpaired) electrons. The summed E-state index contributed by atoms with van der Waals surface area (Å²) in [7, 11) is 0. The molecule has 2 nitrogen and oxygen atoms in total. The van der Waals surface area contributed by atoms with Crippen molar-refractivity contribution in [1.82, 2.24) is 5.32 Å². The van der Waals surface area contributed by atoms with Gasteiger partial charge < -0.3 is 10.2 Å². The highest BCUT2D eigenvalue weighted by Crippen LogP contribution is 2.35. The van der Waals surface area contributed by atoms with E-state index in [-0.39, 0.29) is 0 Å². The minimum atomic E-state index is -0.395. The van der Waals surface area contributed by atoms with Crippen LogP contribution in [0.1, 0.15) is 19.8 Å². The predicted molar refractivity (Wildman–Crippen MR) is 75.3 cm³/mol. The van der Waals surface area contributed by atoms with Gasteiger partial charge in [0, 0.05) is 19.1 Å². The topological polar surface area (TPSA) is 15.3 Å². The van der Waals surface area contributed by atoms with E-state index >= 15 is 0 Å². The Morgan fingerprint density at radius 3 is 2.67 bits per heavy atom. The Kier molecular flexibility index (Phi) is 4.71. The normalized spacial score (nSPS) is 20.9. The number of hydrogen-bond acceptors (Lipinski definition) is 2. The average molecular weight is 291 g/mol. The van der Waals surface area contributed by atoms with E-state index in [2.05, 4.69) is 17.1 Å². The van der Waals surface area contributed by atoms with Crippen molar-refractivity contribution in [2.75, 3.05) is 24.5 Å². The highest BCUT2D eigenvalue weighted by Gasteiger charge is 2.21. The second-order valence-electron chi connectivity index (χ2n) is 4.58. The van der Waals surface area contributed by atoms with Crippen LogP contribution in [0.25, 0.3) is 0 Å². The number of nitrogens with zero attached hydrogens (tertiary/aromatic N) is 1. The lowest BCUT2D eigenvalue weighted by Crippen LogP contribution is -2.37.